The quantitative estimate of drug-likeness (QED) is 0.319. The molecule has 6 nitrogen and oxygen atoms in total. The summed E-state index contributed by atoms with van der Waals surface area (Å²) in [7, 11) is 0. The van der Waals surface area contributed by atoms with Crippen LogP contribution in [0.4, 0.5) is 5.69 Å². The van der Waals surface area contributed by atoms with Gasteiger partial charge in [0.2, 0.25) is 0 Å². The molecule has 2 aromatic heterocycles. The number of carbonyl (C=O) groups is 1. The Morgan fingerprint density at radius 1 is 1.16 bits per heavy atom. The number of hydrogen-bond donors (Lipinski definition) is 3. The molecule has 25 heavy (non-hydrogen) atoms. The lowest BCUT2D eigenvalue weighted by Gasteiger charge is -1.99. The predicted octanol–water partition coefficient (Wildman–Crippen LogP) is 5.38. The minimum Gasteiger partial charge on any atom is -0.494 e. The summed E-state index contributed by atoms with van der Waals surface area (Å²) in [6.07, 6.45) is 0. The van der Waals surface area contributed by atoms with Crippen LogP contribution in [0.15, 0.2) is 46.0 Å². The van der Waals surface area contributed by atoms with Crippen LogP contribution in [0.2, 0.25) is 0 Å². The molecule has 0 aliphatic rings. The smallest absolute Gasteiger partial charge is 0.199 e. The largest absolute Gasteiger partial charge is 0.494 e. The monoisotopic (exact) mass is 397 g/mol. The van der Waals surface area contributed by atoms with Gasteiger partial charge in [0, 0.05) is 26.3 Å². The minimum atomic E-state index is -0.0717. The van der Waals surface area contributed by atoms with E-state index < -0.39 is 0 Å². The van der Waals surface area contributed by atoms with Crippen LogP contribution < -0.4 is 0 Å². The number of aromatic hydroxyl groups is 1. The number of aromatic nitrogens is 2. The third-order valence-corrected chi connectivity index (χ3v) is 4.94. The first-order valence-corrected chi connectivity index (χ1v) is 8.30. The van der Waals surface area contributed by atoms with Crippen molar-refractivity contribution in [2.24, 2.45) is 5.18 Å². The Labute approximate surface area is 150 Å². The molecule has 0 amide bonds. The lowest BCUT2D eigenvalue weighted by atomic mass is 10.1. The van der Waals surface area contributed by atoms with Gasteiger partial charge >= 0.3 is 0 Å². The fourth-order valence-electron chi connectivity index (χ4n) is 3.10. The van der Waals surface area contributed by atoms with E-state index in [-0.39, 0.29) is 17.4 Å². The summed E-state index contributed by atoms with van der Waals surface area (Å²) >= 11 is 3.44. The highest BCUT2D eigenvalue weighted by Crippen LogP contribution is 2.45. The third-order valence-electron chi connectivity index (χ3n) is 4.28. The molecule has 0 aliphatic carbocycles. The summed E-state index contributed by atoms with van der Waals surface area (Å²) < 4.78 is 0.794. The lowest BCUT2D eigenvalue weighted by molar-refractivity contribution is 0.101. The molecule has 4 aromatic rings. The van der Waals surface area contributed by atoms with E-state index in [1.165, 1.54) is 6.92 Å². The number of nitrogens with one attached hydrogen (secondary N) is 2. The number of ketones is 1. The average molecular weight is 398 g/mol. The Kier molecular flexibility index (Phi) is 3.47. The topological polar surface area (TPSA) is 98.3 Å². The summed E-state index contributed by atoms with van der Waals surface area (Å²) in [6, 6.07) is 10.6. The van der Waals surface area contributed by atoms with Crippen molar-refractivity contribution in [1.29, 1.82) is 0 Å². The number of para-hydroxylation sites is 1. The highest BCUT2D eigenvalue weighted by Gasteiger charge is 2.22. The van der Waals surface area contributed by atoms with Crippen LogP contribution in [-0.4, -0.2) is 20.9 Å². The molecular formula is C18H12BrN3O3. The molecule has 2 heterocycles. The molecular weight excluding hydrogens is 386 g/mol. The zero-order valence-electron chi connectivity index (χ0n) is 13.1. The van der Waals surface area contributed by atoms with Crippen molar-refractivity contribution in [3.63, 3.8) is 0 Å². The van der Waals surface area contributed by atoms with Crippen LogP contribution in [0.25, 0.3) is 33.1 Å². The fourth-order valence-corrected chi connectivity index (χ4v) is 3.56. The maximum Gasteiger partial charge on any atom is 0.199 e. The van der Waals surface area contributed by atoms with E-state index >= 15 is 0 Å². The number of hydrogen-bond acceptors (Lipinski definition) is 4. The Balaban J connectivity index is 2.08. The van der Waals surface area contributed by atoms with Gasteiger partial charge in [-0.05, 0) is 46.2 Å². The molecule has 0 fully saturated rings. The van der Waals surface area contributed by atoms with E-state index in [0.717, 1.165) is 15.4 Å². The molecule has 0 bridgehead atoms. The lowest BCUT2D eigenvalue weighted by Crippen LogP contribution is -1.90. The van der Waals surface area contributed by atoms with Crippen LogP contribution in [0.3, 0.4) is 0 Å². The standard InChI is InChI=1S/C18H12BrN3O3/c1-8(23)9-5-6-10-13(7-9)20-17(16(10)22-25)14-11-3-2-4-12(19)15(11)21-18(14)24/h2-7,20-21,24H,1H3. The molecule has 0 atom stereocenters. The van der Waals surface area contributed by atoms with E-state index in [4.69, 9.17) is 0 Å². The maximum atomic E-state index is 11.6. The number of nitroso groups, excluding NO2 is 1. The number of Topliss-reactive ketones (excluding diaryl/α,β-unsaturated/α-hetero) is 1. The second-order valence-electron chi connectivity index (χ2n) is 5.77. The first kappa shape index (κ1) is 15.6. The van der Waals surface area contributed by atoms with Gasteiger partial charge < -0.3 is 15.1 Å². The van der Waals surface area contributed by atoms with Crippen molar-refractivity contribution in [3.8, 4) is 17.1 Å². The maximum absolute atomic E-state index is 11.6. The van der Waals surface area contributed by atoms with Crippen molar-refractivity contribution >= 4 is 49.2 Å². The number of rotatable bonds is 3. The van der Waals surface area contributed by atoms with Crippen LogP contribution >= 0.6 is 15.9 Å². The Hall–Kier alpha value is -2.93. The van der Waals surface area contributed by atoms with Crippen LogP contribution in [0.5, 0.6) is 5.88 Å². The summed E-state index contributed by atoms with van der Waals surface area (Å²) in [5.41, 5.74) is 2.93. The normalized spacial score (nSPS) is 11.3. The van der Waals surface area contributed by atoms with E-state index in [0.29, 0.717) is 27.7 Å². The number of aromatic amines is 2. The van der Waals surface area contributed by atoms with E-state index in [1.54, 1.807) is 18.2 Å². The number of H-pyrrole nitrogens is 2. The van der Waals surface area contributed by atoms with Crippen molar-refractivity contribution in [1.82, 2.24) is 9.97 Å². The van der Waals surface area contributed by atoms with Crippen LogP contribution in [-0.2, 0) is 0 Å². The van der Waals surface area contributed by atoms with Crippen LogP contribution in [0.1, 0.15) is 17.3 Å². The second kappa shape index (κ2) is 5.56. The summed E-state index contributed by atoms with van der Waals surface area (Å²) in [6.45, 7) is 1.48. The third kappa shape index (κ3) is 2.27. The van der Waals surface area contributed by atoms with Gasteiger partial charge in [0.1, 0.15) is 5.69 Å². The zero-order valence-corrected chi connectivity index (χ0v) is 14.6. The number of halogens is 1. The molecule has 3 N–H and O–H groups in total. The van der Waals surface area contributed by atoms with Gasteiger partial charge in [-0.25, -0.2) is 0 Å². The summed E-state index contributed by atoms with van der Waals surface area (Å²) in [5, 5.41) is 14.9. The van der Waals surface area contributed by atoms with Gasteiger partial charge in [-0.15, -0.1) is 4.91 Å². The Morgan fingerprint density at radius 3 is 2.68 bits per heavy atom. The molecule has 0 aliphatic heterocycles. The van der Waals surface area contributed by atoms with E-state index in [1.807, 2.05) is 18.2 Å². The van der Waals surface area contributed by atoms with Crippen molar-refractivity contribution < 1.29 is 9.90 Å². The van der Waals surface area contributed by atoms with Crippen molar-refractivity contribution in [2.45, 2.75) is 6.92 Å². The highest BCUT2D eigenvalue weighted by molar-refractivity contribution is 9.10. The van der Waals surface area contributed by atoms with Gasteiger partial charge in [0.15, 0.2) is 11.7 Å². The Bertz CT molecular complexity index is 1170. The van der Waals surface area contributed by atoms with E-state index in [9.17, 15) is 14.8 Å². The first-order valence-electron chi connectivity index (χ1n) is 7.50. The summed E-state index contributed by atoms with van der Waals surface area (Å²) in [5.74, 6) is -0.136. The van der Waals surface area contributed by atoms with E-state index in [2.05, 4.69) is 31.1 Å². The predicted molar refractivity (Wildman–Crippen MR) is 100 cm³/mol. The van der Waals surface area contributed by atoms with Gasteiger partial charge in [-0.1, -0.05) is 18.2 Å². The first-order chi connectivity index (χ1) is 12.0. The van der Waals surface area contributed by atoms with Gasteiger partial charge in [0.05, 0.1) is 16.8 Å². The second-order valence-corrected chi connectivity index (χ2v) is 6.62. The molecule has 0 radical (unpaired) electrons. The van der Waals surface area contributed by atoms with Crippen molar-refractivity contribution in [2.75, 3.05) is 0 Å². The molecule has 0 saturated carbocycles. The molecule has 7 heteroatoms. The minimum absolute atomic E-state index is 0.0647. The number of nitrogens with zero attached hydrogens (tertiary/aromatic N) is 1. The number of benzene rings is 2. The molecule has 0 unspecified atom stereocenters. The van der Waals surface area contributed by atoms with Crippen LogP contribution in [0, 0.1) is 4.91 Å². The number of carbonyl (C=O) groups excluding carboxylic acids is 1. The van der Waals surface area contributed by atoms with Crippen molar-refractivity contribution in [3.05, 3.63) is 51.3 Å². The molecule has 2 aromatic carbocycles. The Morgan fingerprint density at radius 2 is 1.96 bits per heavy atom. The summed E-state index contributed by atoms with van der Waals surface area (Å²) in [4.78, 5) is 29.1. The van der Waals surface area contributed by atoms with Gasteiger partial charge in [-0.2, -0.15) is 0 Å². The fraction of sp³-hybridized carbons (Fsp3) is 0.0556. The zero-order chi connectivity index (χ0) is 17.7. The highest BCUT2D eigenvalue weighted by atomic mass is 79.9. The SMILES string of the molecule is CC(=O)c1ccc2c(N=O)c(-c3c(O)[nH]c4c(Br)cccc34)[nH]c2c1. The molecule has 124 valence electrons. The molecule has 0 saturated heterocycles. The molecule has 4 rings (SSSR count). The van der Waals surface area contributed by atoms with Gasteiger partial charge in [0.25, 0.3) is 0 Å². The number of fused-ring (bicyclic) bond motifs is 2. The molecule has 0 spiro atoms. The van der Waals surface area contributed by atoms with Gasteiger partial charge in [-0.3, -0.25) is 4.79 Å². The average Bonchev–Trinajstić information content (AvgIpc) is 3.11.